The average molecular weight is 349 g/mol. The molecule has 24 heavy (non-hydrogen) atoms. The molecule has 0 saturated carbocycles. The predicted octanol–water partition coefficient (Wildman–Crippen LogP) is 3.28. The number of halogens is 1. The van der Waals surface area contributed by atoms with Gasteiger partial charge in [-0.25, -0.2) is 12.8 Å². The summed E-state index contributed by atoms with van der Waals surface area (Å²) in [6, 6.07) is 13.3. The van der Waals surface area contributed by atoms with Crippen molar-refractivity contribution < 1.29 is 17.5 Å². The van der Waals surface area contributed by atoms with Gasteiger partial charge in [0, 0.05) is 13.1 Å². The molecule has 4 nitrogen and oxygen atoms in total. The smallest absolute Gasteiger partial charge is 0.243 e. The van der Waals surface area contributed by atoms with E-state index in [2.05, 4.69) is 0 Å². The van der Waals surface area contributed by atoms with Gasteiger partial charge in [-0.1, -0.05) is 30.3 Å². The molecule has 1 aliphatic heterocycles. The Morgan fingerprint density at radius 2 is 1.83 bits per heavy atom. The van der Waals surface area contributed by atoms with Crippen molar-refractivity contribution in [3.63, 3.8) is 0 Å². The van der Waals surface area contributed by atoms with Crippen molar-refractivity contribution in [3.05, 3.63) is 65.5 Å². The minimum absolute atomic E-state index is 0.143. The summed E-state index contributed by atoms with van der Waals surface area (Å²) in [5.41, 5.74) is 1.35. The molecule has 2 atom stereocenters. The SMILES string of the molecule is Cc1cc(F)ccc1S(=O)(=O)N1CC(C)OC(c2ccccc2)C1. The second kappa shape index (κ2) is 6.63. The number of morpholine rings is 1. The van der Waals surface area contributed by atoms with Crippen LogP contribution in [0.25, 0.3) is 0 Å². The van der Waals surface area contributed by atoms with Gasteiger partial charge in [-0.05, 0) is 43.2 Å². The molecule has 128 valence electrons. The lowest BCUT2D eigenvalue weighted by Crippen LogP contribution is -2.46. The van der Waals surface area contributed by atoms with Crippen molar-refractivity contribution in [1.29, 1.82) is 0 Å². The predicted molar refractivity (Wildman–Crippen MR) is 89.6 cm³/mol. The number of sulfonamides is 1. The Labute approximate surface area is 141 Å². The van der Waals surface area contributed by atoms with E-state index in [4.69, 9.17) is 4.74 Å². The second-order valence-corrected chi connectivity index (χ2v) is 7.98. The third-order valence-corrected chi connectivity index (χ3v) is 6.14. The molecular weight excluding hydrogens is 329 g/mol. The summed E-state index contributed by atoms with van der Waals surface area (Å²) in [5.74, 6) is -0.441. The van der Waals surface area contributed by atoms with Crippen molar-refractivity contribution in [2.75, 3.05) is 13.1 Å². The molecule has 0 aliphatic carbocycles. The molecule has 2 unspecified atom stereocenters. The molecule has 3 rings (SSSR count). The molecule has 2 aromatic carbocycles. The molecule has 0 N–H and O–H groups in total. The Hall–Kier alpha value is -1.76. The van der Waals surface area contributed by atoms with Gasteiger partial charge in [0.2, 0.25) is 10.0 Å². The summed E-state index contributed by atoms with van der Waals surface area (Å²) < 4.78 is 46.6. The average Bonchev–Trinajstić information content (AvgIpc) is 2.54. The van der Waals surface area contributed by atoms with Gasteiger partial charge in [0.1, 0.15) is 5.82 Å². The number of rotatable bonds is 3. The van der Waals surface area contributed by atoms with Crippen LogP contribution < -0.4 is 0 Å². The van der Waals surface area contributed by atoms with Crippen molar-refractivity contribution in [2.45, 2.75) is 31.0 Å². The molecule has 2 aromatic rings. The lowest BCUT2D eigenvalue weighted by molar-refractivity contribution is -0.0557. The van der Waals surface area contributed by atoms with Gasteiger partial charge in [0.05, 0.1) is 17.1 Å². The van der Waals surface area contributed by atoms with Gasteiger partial charge >= 0.3 is 0 Å². The molecule has 0 spiro atoms. The Kier molecular flexibility index (Phi) is 4.71. The van der Waals surface area contributed by atoms with Crippen LogP contribution >= 0.6 is 0 Å². The minimum atomic E-state index is -3.70. The zero-order chi connectivity index (χ0) is 17.3. The van der Waals surface area contributed by atoms with E-state index in [-0.39, 0.29) is 30.2 Å². The lowest BCUT2D eigenvalue weighted by atomic mass is 10.1. The molecule has 0 radical (unpaired) electrons. The van der Waals surface area contributed by atoms with E-state index >= 15 is 0 Å². The molecule has 0 bridgehead atoms. The van der Waals surface area contributed by atoms with Gasteiger partial charge in [0.25, 0.3) is 0 Å². The van der Waals surface area contributed by atoms with Crippen LogP contribution in [0.15, 0.2) is 53.4 Å². The fraction of sp³-hybridized carbons (Fsp3) is 0.333. The van der Waals surface area contributed by atoms with Crippen LogP contribution in [0.2, 0.25) is 0 Å². The summed E-state index contributed by atoms with van der Waals surface area (Å²) in [7, 11) is -3.70. The van der Waals surface area contributed by atoms with Crippen molar-refractivity contribution >= 4 is 10.0 Å². The highest BCUT2D eigenvalue weighted by molar-refractivity contribution is 7.89. The summed E-state index contributed by atoms with van der Waals surface area (Å²) >= 11 is 0. The van der Waals surface area contributed by atoms with Gasteiger partial charge < -0.3 is 4.74 Å². The van der Waals surface area contributed by atoms with Crippen molar-refractivity contribution in [1.82, 2.24) is 4.31 Å². The molecule has 1 heterocycles. The monoisotopic (exact) mass is 349 g/mol. The molecule has 1 aliphatic rings. The Morgan fingerprint density at radius 3 is 2.50 bits per heavy atom. The molecule has 6 heteroatoms. The van der Waals surface area contributed by atoms with E-state index in [0.717, 1.165) is 5.56 Å². The molecule has 1 fully saturated rings. The Bertz CT molecular complexity index is 823. The van der Waals surface area contributed by atoms with Crippen molar-refractivity contribution in [3.8, 4) is 0 Å². The zero-order valence-electron chi connectivity index (χ0n) is 13.6. The van der Waals surface area contributed by atoms with Crippen LogP contribution in [-0.4, -0.2) is 31.9 Å². The normalized spacial score (nSPS) is 22.5. The largest absolute Gasteiger partial charge is 0.368 e. The van der Waals surface area contributed by atoms with Gasteiger partial charge in [0.15, 0.2) is 0 Å². The summed E-state index contributed by atoms with van der Waals surface area (Å²) in [4.78, 5) is 0.143. The molecule has 0 aromatic heterocycles. The van der Waals surface area contributed by atoms with E-state index in [9.17, 15) is 12.8 Å². The maximum absolute atomic E-state index is 13.3. The van der Waals surface area contributed by atoms with Gasteiger partial charge in [-0.15, -0.1) is 0 Å². The summed E-state index contributed by atoms with van der Waals surface area (Å²) in [6.45, 7) is 3.99. The lowest BCUT2D eigenvalue weighted by Gasteiger charge is -2.36. The number of aryl methyl sites for hydroxylation is 1. The minimum Gasteiger partial charge on any atom is -0.368 e. The number of ether oxygens (including phenoxy) is 1. The highest BCUT2D eigenvalue weighted by atomic mass is 32.2. The number of benzene rings is 2. The van der Waals surface area contributed by atoms with E-state index in [1.54, 1.807) is 6.92 Å². The van der Waals surface area contributed by atoms with Gasteiger partial charge in [-0.2, -0.15) is 4.31 Å². The first-order chi connectivity index (χ1) is 11.4. The molecule has 1 saturated heterocycles. The number of hydrogen-bond donors (Lipinski definition) is 0. The first-order valence-electron chi connectivity index (χ1n) is 7.84. The topological polar surface area (TPSA) is 46.6 Å². The van der Waals surface area contributed by atoms with Crippen LogP contribution in [0, 0.1) is 12.7 Å². The first-order valence-corrected chi connectivity index (χ1v) is 9.28. The molecular formula is C18H20FNO3S. The van der Waals surface area contributed by atoms with Crippen molar-refractivity contribution in [2.24, 2.45) is 0 Å². The number of nitrogens with zero attached hydrogens (tertiary/aromatic N) is 1. The van der Waals surface area contributed by atoms with E-state index in [1.165, 1.54) is 22.5 Å². The summed E-state index contributed by atoms with van der Waals surface area (Å²) in [5, 5.41) is 0. The third-order valence-electron chi connectivity index (χ3n) is 4.15. The highest BCUT2D eigenvalue weighted by Gasteiger charge is 2.35. The fourth-order valence-corrected chi connectivity index (χ4v) is 4.72. The molecule has 0 amide bonds. The van der Waals surface area contributed by atoms with Crippen LogP contribution in [0.5, 0.6) is 0 Å². The van der Waals surface area contributed by atoms with E-state index in [0.29, 0.717) is 5.56 Å². The van der Waals surface area contributed by atoms with Crippen LogP contribution in [0.1, 0.15) is 24.2 Å². The second-order valence-electron chi connectivity index (χ2n) is 6.08. The quantitative estimate of drug-likeness (QED) is 0.854. The van der Waals surface area contributed by atoms with Crippen LogP contribution in [0.3, 0.4) is 0 Å². The number of hydrogen-bond acceptors (Lipinski definition) is 3. The third kappa shape index (κ3) is 3.36. The Morgan fingerprint density at radius 1 is 1.12 bits per heavy atom. The van der Waals surface area contributed by atoms with E-state index in [1.807, 2.05) is 37.3 Å². The van der Waals surface area contributed by atoms with Crippen LogP contribution in [-0.2, 0) is 14.8 Å². The summed E-state index contributed by atoms with van der Waals surface area (Å²) in [6.07, 6.45) is -0.537. The Balaban J connectivity index is 1.92. The van der Waals surface area contributed by atoms with E-state index < -0.39 is 15.8 Å². The zero-order valence-corrected chi connectivity index (χ0v) is 14.5. The highest BCUT2D eigenvalue weighted by Crippen LogP contribution is 2.30. The maximum Gasteiger partial charge on any atom is 0.243 e. The van der Waals surface area contributed by atoms with Crippen LogP contribution in [0.4, 0.5) is 4.39 Å². The van der Waals surface area contributed by atoms with Gasteiger partial charge in [-0.3, -0.25) is 0 Å². The standard InChI is InChI=1S/C18H20FNO3S/c1-13-10-16(19)8-9-18(13)24(21,22)20-11-14(2)23-17(12-20)15-6-4-3-5-7-15/h3-10,14,17H,11-12H2,1-2H3. The fourth-order valence-electron chi connectivity index (χ4n) is 3.00. The first kappa shape index (κ1) is 17.1. The maximum atomic E-state index is 13.3.